The molecular weight excluding hydrogens is 412 g/mol. The lowest BCUT2D eigenvalue weighted by Crippen LogP contribution is -2.49. The maximum Gasteiger partial charge on any atom is 0.351 e. The van der Waals surface area contributed by atoms with Crippen LogP contribution in [0.25, 0.3) is 0 Å². The molecule has 0 aliphatic carbocycles. The van der Waals surface area contributed by atoms with Crippen LogP contribution in [0.3, 0.4) is 0 Å². The van der Waals surface area contributed by atoms with E-state index in [1.165, 1.54) is 16.8 Å². The summed E-state index contributed by atoms with van der Waals surface area (Å²) in [4.78, 5) is 16.2. The number of ether oxygens (including phenoxy) is 1. The highest BCUT2D eigenvalue weighted by atomic mass is 28.4. The zero-order valence-corrected chi connectivity index (χ0v) is 20.6. The van der Waals surface area contributed by atoms with Crippen molar-refractivity contribution in [3.63, 3.8) is 0 Å². The van der Waals surface area contributed by atoms with Gasteiger partial charge in [0.05, 0.1) is 18.8 Å². The first-order valence-corrected chi connectivity index (χ1v) is 13.7. The molecule has 0 bridgehead atoms. The van der Waals surface area contributed by atoms with E-state index in [1.807, 2.05) is 0 Å². The van der Waals surface area contributed by atoms with Gasteiger partial charge in [0.2, 0.25) is 0 Å². The molecule has 1 aliphatic heterocycles. The van der Waals surface area contributed by atoms with Crippen molar-refractivity contribution in [2.45, 2.75) is 78.1 Å². The summed E-state index contributed by atoms with van der Waals surface area (Å²) >= 11 is 0. The number of aliphatic hydroxyl groups excluding tert-OH is 1. The maximum absolute atomic E-state index is 12.4. The van der Waals surface area contributed by atoms with E-state index in [1.54, 1.807) is 0 Å². The fraction of sp³-hybridized carbons (Fsp3) is 0.773. The summed E-state index contributed by atoms with van der Waals surface area (Å²) in [5, 5.41) is 20.1. The molecule has 1 fully saturated rings. The van der Waals surface area contributed by atoms with Gasteiger partial charge in [0.25, 0.3) is 0 Å². The summed E-state index contributed by atoms with van der Waals surface area (Å²) in [6.45, 7) is 12.9. The monoisotopic (exact) mass is 450 g/mol. The first-order chi connectivity index (χ1) is 14.5. The summed E-state index contributed by atoms with van der Waals surface area (Å²) in [5.74, 6) is 0.744. The van der Waals surface area contributed by atoms with Crippen molar-refractivity contribution < 1.29 is 14.3 Å². The van der Waals surface area contributed by atoms with Crippen LogP contribution in [0.1, 0.15) is 47.8 Å². The average molecular weight is 451 g/mol. The Balaban J connectivity index is 2.45. The predicted molar refractivity (Wildman–Crippen MR) is 123 cm³/mol. The van der Waals surface area contributed by atoms with E-state index in [2.05, 4.69) is 52.6 Å². The van der Waals surface area contributed by atoms with Gasteiger partial charge in [-0.1, -0.05) is 41.5 Å². The van der Waals surface area contributed by atoms with Gasteiger partial charge in [-0.05, 0) is 42.0 Å². The van der Waals surface area contributed by atoms with E-state index in [-0.39, 0.29) is 12.4 Å². The van der Waals surface area contributed by atoms with Crippen molar-refractivity contribution in [1.82, 2.24) is 9.55 Å². The number of nitriles is 1. The van der Waals surface area contributed by atoms with Gasteiger partial charge in [0.1, 0.15) is 17.8 Å². The molecule has 1 aromatic rings. The van der Waals surface area contributed by atoms with Crippen molar-refractivity contribution in [2.75, 3.05) is 12.3 Å². The first kappa shape index (κ1) is 25.5. The fourth-order valence-electron chi connectivity index (χ4n) is 4.94. The largest absolute Gasteiger partial charge is 0.410 e. The average Bonchev–Trinajstić information content (AvgIpc) is 2.96. The van der Waals surface area contributed by atoms with E-state index in [0.717, 1.165) is 18.1 Å². The number of nitrogens with two attached hydrogens (primary N) is 1. The van der Waals surface area contributed by atoms with Crippen LogP contribution in [0.5, 0.6) is 0 Å². The predicted octanol–water partition coefficient (Wildman–Crippen LogP) is 3.15. The molecule has 0 saturated carbocycles. The third-order valence-electron chi connectivity index (χ3n) is 5.52. The minimum absolute atomic E-state index is 0.108. The summed E-state index contributed by atoms with van der Waals surface area (Å²) in [6, 6.07) is 6.72. The van der Waals surface area contributed by atoms with Crippen molar-refractivity contribution in [3.8, 4) is 6.07 Å². The Morgan fingerprint density at radius 1 is 1.23 bits per heavy atom. The topological polar surface area (TPSA) is 123 Å². The van der Waals surface area contributed by atoms with Crippen LogP contribution in [-0.2, 0) is 9.16 Å². The lowest BCUT2D eigenvalue weighted by atomic mass is 10.0. The first-order valence-electron chi connectivity index (χ1n) is 11.2. The Labute approximate surface area is 186 Å². The fourth-order valence-corrected chi connectivity index (χ4v) is 11.1. The molecule has 1 saturated heterocycles. The second kappa shape index (κ2) is 10.7. The number of hydrogen-bond acceptors (Lipinski definition) is 7. The van der Waals surface area contributed by atoms with Gasteiger partial charge in [-0.2, -0.15) is 10.2 Å². The lowest BCUT2D eigenvalue weighted by Gasteiger charge is -2.39. The molecule has 0 amide bonds. The van der Waals surface area contributed by atoms with Gasteiger partial charge in [0, 0.05) is 6.20 Å². The number of rotatable bonds is 10. The molecule has 0 unspecified atom stereocenters. The number of nitrogen functional groups attached to an aromatic ring is 1. The summed E-state index contributed by atoms with van der Waals surface area (Å²) in [7, 11) is -2.28. The zero-order chi connectivity index (χ0) is 23.3. The molecule has 0 aromatic carbocycles. The molecule has 2 heterocycles. The van der Waals surface area contributed by atoms with Crippen LogP contribution in [-0.4, -0.2) is 41.8 Å². The van der Waals surface area contributed by atoms with Gasteiger partial charge in [0.15, 0.2) is 14.5 Å². The molecular formula is C22H38N4O4Si. The van der Waals surface area contributed by atoms with E-state index < -0.39 is 38.4 Å². The van der Waals surface area contributed by atoms with Crippen molar-refractivity contribution in [2.24, 2.45) is 23.7 Å². The molecule has 8 nitrogen and oxygen atoms in total. The number of hydrogen-bond donors (Lipinski definition) is 2. The van der Waals surface area contributed by atoms with Gasteiger partial charge >= 0.3 is 5.69 Å². The summed E-state index contributed by atoms with van der Waals surface area (Å²) in [5.41, 5.74) is 5.02. The Morgan fingerprint density at radius 2 is 1.77 bits per heavy atom. The van der Waals surface area contributed by atoms with Crippen LogP contribution in [0.2, 0.25) is 18.1 Å². The number of nitrogens with zero attached hydrogens (tertiary/aromatic N) is 3. The minimum Gasteiger partial charge on any atom is -0.410 e. The van der Waals surface area contributed by atoms with Crippen LogP contribution >= 0.6 is 0 Å². The highest BCUT2D eigenvalue weighted by molar-refractivity contribution is 6.74. The Morgan fingerprint density at radius 3 is 2.19 bits per heavy atom. The normalized spacial score (nSPS) is 24.3. The number of aromatic nitrogens is 2. The van der Waals surface area contributed by atoms with E-state index in [9.17, 15) is 15.2 Å². The van der Waals surface area contributed by atoms with Crippen LogP contribution < -0.4 is 11.4 Å². The number of aliphatic hydroxyl groups is 1. The molecule has 4 atom stereocenters. The molecule has 1 aromatic heterocycles. The molecule has 9 heteroatoms. The number of anilines is 1. The molecule has 3 N–H and O–H groups in total. The molecule has 1 aliphatic rings. The maximum atomic E-state index is 12.4. The second-order valence-electron chi connectivity index (χ2n) is 10.0. The van der Waals surface area contributed by atoms with E-state index >= 15 is 0 Å². The van der Waals surface area contributed by atoms with Gasteiger partial charge < -0.3 is 20.0 Å². The Hall–Kier alpha value is -1.73. The highest BCUT2D eigenvalue weighted by Gasteiger charge is 2.51. The second-order valence-corrected chi connectivity index (χ2v) is 13.8. The standard InChI is InChI=1S/C22H38N4O4Si/c1-14(2)11-31(12-15(3)4,13-16(5)6)30-20-17(9-23)21(29-18(20)10-27)26-8-7-19(24)25-22(26)28/h7-8,14-18,20-21,27H,10-13H2,1-6H3,(H2,24,25,28)/t17-,18+,20-,21+/m0/s1. The van der Waals surface area contributed by atoms with E-state index in [4.69, 9.17) is 14.9 Å². The van der Waals surface area contributed by atoms with Gasteiger partial charge in [-0.25, -0.2) is 4.79 Å². The van der Waals surface area contributed by atoms with Crippen LogP contribution in [0.15, 0.2) is 17.1 Å². The summed E-state index contributed by atoms with van der Waals surface area (Å²) in [6.07, 6.45) is -0.682. The Bertz CT molecular complexity index is 794. The quantitative estimate of drug-likeness (QED) is 0.525. The third kappa shape index (κ3) is 6.39. The molecule has 0 radical (unpaired) electrons. The molecule has 0 spiro atoms. The van der Waals surface area contributed by atoms with E-state index in [0.29, 0.717) is 17.8 Å². The van der Waals surface area contributed by atoms with Gasteiger partial charge in [-0.15, -0.1) is 0 Å². The molecule has 31 heavy (non-hydrogen) atoms. The molecule has 174 valence electrons. The van der Waals surface area contributed by atoms with Crippen molar-refractivity contribution in [3.05, 3.63) is 22.7 Å². The SMILES string of the molecule is CC(C)C[Si](CC(C)C)(CC(C)C)O[C@H]1[C@H](C#N)[C@H](n2ccc(N)nc2=O)O[C@@H]1CO. The van der Waals surface area contributed by atoms with Crippen molar-refractivity contribution >= 4 is 14.1 Å². The summed E-state index contributed by atoms with van der Waals surface area (Å²) < 4.78 is 14.2. The van der Waals surface area contributed by atoms with Crippen LogP contribution in [0.4, 0.5) is 5.82 Å². The Kier molecular flexibility index (Phi) is 8.83. The smallest absolute Gasteiger partial charge is 0.351 e. The lowest BCUT2D eigenvalue weighted by molar-refractivity contribution is -0.0452. The molecule has 2 rings (SSSR count). The zero-order valence-electron chi connectivity index (χ0n) is 19.6. The van der Waals surface area contributed by atoms with Gasteiger partial charge in [-0.3, -0.25) is 4.57 Å². The highest BCUT2D eigenvalue weighted by Crippen LogP contribution is 2.41. The minimum atomic E-state index is -2.28. The third-order valence-corrected chi connectivity index (χ3v) is 11.0. The van der Waals surface area contributed by atoms with Crippen LogP contribution in [0, 0.1) is 35.0 Å². The van der Waals surface area contributed by atoms with Crippen molar-refractivity contribution in [1.29, 1.82) is 5.26 Å².